The van der Waals surface area contributed by atoms with Gasteiger partial charge in [0.25, 0.3) is 0 Å². The third-order valence-electron chi connectivity index (χ3n) is 1.67. The summed E-state index contributed by atoms with van der Waals surface area (Å²) >= 11 is 0. The van der Waals surface area contributed by atoms with Crippen molar-refractivity contribution >= 4 is 32.3 Å². The van der Waals surface area contributed by atoms with E-state index >= 15 is 0 Å². The zero-order chi connectivity index (χ0) is 10.7. The minimum atomic E-state index is -1.93. The Bertz CT molecular complexity index is 355. The standard InChI is InChI=1S/C8H12N2O2S2/c1-10(2)6-3-4-7(9)8(5-6)13-14(11)12/h3-5H,9H2,1-2H3,(H,11,12). The molecule has 1 rings (SSSR count). The molecule has 0 heterocycles. The van der Waals surface area contributed by atoms with Gasteiger partial charge in [-0.25, -0.2) is 4.21 Å². The van der Waals surface area contributed by atoms with Crippen molar-refractivity contribution in [3.05, 3.63) is 18.2 Å². The first-order valence-corrected chi connectivity index (χ1v) is 6.30. The van der Waals surface area contributed by atoms with Crippen molar-refractivity contribution < 1.29 is 8.76 Å². The monoisotopic (exact) mass is 232 g/mol. The molecular formula is C8H12N2O2S2. The van der Waals surface area contributed by atoms with E-state index in [-0.39, 0.29) is 0 Å². The molecule has 1 atom stereocenters. The molecule has 0 spiro atoms. The second kappa shape index (κ2) is 4.68. The van der Waals surface area contributed by atoms with Crippen LogP contribution in [0.25, 0.3) is 0 Å². The van der Waals surface area contributed by atoms with Crippen LogP contribution in [0.1, 0.15) is 0 Å². The second-order valence-electron chi connectivity index (χ2n) is 2.92. The van der Waals surface area contributed by atoms with Crippen LogP contribution in [-0.4, -0.2) is 22.9 Å². The van der Waals surface area contributed by atoms with E-state index in [4.69, 9.17) is 10.3 Å². The van der Waals surface area contributed by atoms with Crippen LogP contribution >= 0.6 is 10.8 Å². The molecule has 3 N–H and O–H groups in total. The zero-order valence-corrected chi connectivity index (χ0v) is 9.56. The molecular weight excluding hydrogens is 220 g/mol. The smallest absolute Gasteiger partial charge is 0.221 e. The third-order valence-corrected chi connectivity index (χ3v) is 3.32. The Morgan fingerprint density at radius 1 is 1.50 bits per heavy atom. The van der Waals surface area contributed by atoms with Crippen LogP contribution in [0.5, 0.6) is 0 Å². The predicted octanol–water partition coefficient (Wildman–Crippen LogP) is 1.56. The topological polar surface area (TPSA) is 66.6 Å². The Hall–Kier alpha value is -0.720. The van der Waals surface area contributed by atoms with Gasteiger partial charge >= 0.3 is 0 Å². The number of nitrogens with two attached hydrogens (primary N) is 1. The summed E-state index contributed by atoms with van der Waals surface area (Å²) in [6.07, 6.45) is 0. The Morgan fingerprint density at radius 3 is 2.64 bits per heavy atom. The largest absolute Gasteiger partial charge is 0.398 e. The van der Waals surface area contributed by atoms with Crippen molar-refractivity contribution in [2.75, 3.05) is 24.7 Å². The molecule has 1 unspecified atom stereocenters. The number of hydrogen-bond acceptors (Lipinski definition) is 4. The highest BCUT2D eigenvalue weighted by Crippen LogP contribution is 2.30. The summed E-state index contributed by atoms with van der Waals surface area (Å²) in [7, 11) is 2.70. The first kappa shape index (κ1) is 11.4. The highest BCUT2D eigenvalue weighted by molar-refractivity contribution is 8.67. The van der Waals surface area contributed by atoms with Crippen molar-refractivity contribution in [2.24, 2.45) is 0 Å². The Labute approximate surface area is 89.2 Å². The molecule has 0 amide bonds. The molecule has 0 saturated carbocycles. The summed E-state index contributed by atoms with van der Waals surface area (Å²) < 4.78 is 19.3. The molecule has 1 aromatic carbocycles. The average Bonchev–Trinajstić information content (AvgIpc) is 2.07. The van der Waals surface area contributed by atoms with Gasteiger partial charge in [-0.05, 0) is 18.2 Å². The minimum absolute atomic E-state index is 0.517. The maximum atomic E-state index is 10.6. The summed E-state index contributed by atoms with van der Waals surface area (Å²) in [5.74, 6) is 0. The highest BCUT2D eigenvalue weighted by atomic mass is 33.1. The number of hydrogen-bond donors (Lipinski definition) is 2. The Morgan fingerprint density at radius 2 is 2.14 bits per heavy atom. The SMILES string of the molecule is CN(C)c1ccc(N)c(SS(=O)O)c1. The van der Waals surface area contributed by atoms with Gasteiger partial charge in [0.05, 0.1) is 0 Å². The van der Waals surface area contributed by atoms with E-state index in [1.165, 1.54) is 0 Å². The van der Waals surface area contributed by atoms with E-state index in [9.17, 15) is 4.21 Å². The van der Waals surface area contributed by atoms with Gasteiger partial charge in [-0.3, -0.25) is 4.55 Å². The van der Waals surface area contributed by atoms with Crippen molar-refractivity contribution in [1.82, 2.24) is 0 Å². The molecule has 0 aliphatic carbocycles. The molecule has 78 valence electrons. The predicted molar refractivity (Wildman–Crippen MR) is 61.8 cm³/mol. The fourth-order valence-corrected chi connectivity index (χ4v) is 2.33. The highest BCUT2D eigenvalue weighted by Gasteiger charge is 2.06. The molecule has 14 heavy (non-hydrogen) atoms. The average molecular weight is 232 g/mol. The quantitative estimate of drug-likeness (QED) is 0.470. The summed E-state index contributed by atoms with van der Waals surface area (Å²) in [5.41, 5.74) is 7.12. The first-order chi connectivity index (χ1) is 6.50. The van der Waals surface area contributed by atoms with Gasteiger partial charge in [0.2, 0.25) is 10.1 Å². The summed E-state index contributed by atoms with van der Waals surface area (Å²) in [6.45, 7) is 0. The first-order valence-electron chi connectivity index (χ1n) is 3.86. The van der Waals surface area contributed by atoms with Gasteiger partial charge in [0.15, 0.2) is 0 Å². The van der Waals surface area contributed by atoms with Crippen LogP contribution in [0.15, 0.2) is 23.1 Å². The minimum Gasteiger partial charge on any atom is -0.398 e. The lowest BCUT2D eigenvalue weighted by Crippen LogP contribution is -2.08. The Balaban J connectivity index is 3.02. The van der Waals surface area contributed by atoms with Crippen molar-refractivity contribution in [2.45, 2.75) is 4.90 Å². The van der Waals surface area contributed by atoms with Crippen molar-refractivity contribution in [1.29, 1.82) is 0 Å². The number of benzene rings is 1. The molecule has 0 aliphatic heterocycles. The Kier molecular flexibility index (Phi) is 3.79. The van der Waals surface area contributed by atoms with Gasteiger partial charge in [0, 0.05) is 41.2 Å². The van der Waals surface area contributed by atoms with Gasteiger partial charge in [-0.15, -0.1) is 0 Å². The lowest BCUT2D eigenvalue weighted by Gasteiger charge is -2.14. The molecule has 0 bridgehead atoms. The number of nitrogen functional groups attached to an aromatic ring is 1. The van der Waals surface area contributed by atoms with E-state index in [0.717, 1.165) is 16.5 Å². The molecule has 0 aromatic heterocycles. The van der Waals surface area contributed by atoms with Gasteiger partial charge in [-0.2, -0.15) is 0 Å². The van der Waals surface area contributed by atoms with Gasteiger partial charge in [-0.1, -0.05) is 0 Å². The molecule has 0 radical (unpaired) electrons. The van der Waals surface area contributed by atoms with Crippen molar-refractivity contribution in [3.8, 4) is 0 Å². The molecule has 0 saturated heterocycles. The van der Waals surface area contributed by atoms with E-state index in [1.807, 2.05) is 25.1 Å². The van der Waals surface area contributed by atoms with Gasteiger partial charge < -0.3 is 10.6 Å². The maximum Gasteiger partial charge on any atom is 0.221 e. The van der Waals surface area contributed by atoms with E-state index in [1.54, 1.807) is 12.1 Å². The summed E-state index contributed by atoms with van der Waals surface area (Å²) in [5, 5.41) is 0. The number of rotatable bonds is 3. The fourth-order valence-electron chi connectivity index (χ4n) is 0.950. The van der Waals surface area contributed by atoms with E-state index < -0.39 is 10.1 Å². The normalized spacial score (nSPS) is 12.5. The zero-order valence-electron chi connectivity index (χ0n) is 7.93. The molecule has 0 fully saturated rings. The lowest BCUT2D eigenvalue weighted by molar-refractivity contribution is 0.581. The van der Waals surface area contributed by atoms with Crippen LogP contribution in [0.3, 0.4) is 0 Å². The maximum absolute atomic E-state index is 10.6. The van der Waals surface area contributed by atoms with E-state index in [2.05, 4.69) is 0 Å². The van der Waals surface area contributed by atoms with Crippen molar-refractivity contribution in [3.63, 3.8) is 0 Å². The lowest BCUT2D eigenvalue weighted by atomic mass is 10.3. The van der Waals surface area contributed by atoms with Crippen LogP contribution in [0, 0.1) is 0 Å². The second-order valence-corrected chi connectivity index (χ2v) is 5.31. The summed E-state index contributed by atoms with van der Waals surface area (Å²) in [6, 6.07) is 5.37. The molecule has 4 nitrogen and oxygen atoms in total. The van der Waals surface area contributed by atoms with Gasteiger partial charge in [0.1, 0.15) is 0 Å². The third kappa shape index (κ3) is 2.90. The van der Waals surface area contributed by atoms with Crippen LogP contribution in [0.2, 0.25) is 0 Å². The van der Waals surface area contributed by atoms with Crippen LogP contribution in [0.4, 0.5) is 11.4 Å². The molecule has 6 heteroatoms. The summed E-state index contributed by atoms with van der Waals surface area (Å²) in [4.78, 5) is 2.53. The van der Waals surface area contributed by atoms with E-state index in [0.29, 0.717) is 10.6 Å². The molecule has 0 aliphatic rings. The fraction of sp³-hybridized carbons (Fsp3) is 0.250. The number of anilines is 2. The number of nitrogens with zero attached hydrogens (tertiary/aromatic N) is 1. The van der Waals surface area contributed by atoms with Crippen LogP contribution in [-0.2, 0) is 10.1 Å². The van der Waals surface area contributed by atoms with Crippen LogP contribution < -0.4 is 10.6 Å². The molecule has 1 aromatic rings.